The van der Waals surface area contributed by atoms with E-state index in [1.54, 1.807) is 7.05 Å². The van der Waals surface area contributed by atoms with Gasteiger partial charge in [-0.2, -0.15) is 0 Å². The Bertz CT molecular complexity index is 148. The molecule has 12 heavy (non-hydrogen) atoms. The third-order valence-corrected chi connectivity index (χ3v) is 2.89. The van der Waals surface area contributed by atoms with Crippen LogP contribution in [0.25, 0.3) is 0 Å². The first kappa shape index (κ1) is 9.56. The van der Waals surface area contributed by atoms with Crippen molar-refractivity contribution in [3.05, 3.63) is 0 Å². The molecule has 1 rings (SSSR count). The maximum Gasteiger partial charge on any atom is 0.220 e. The molecule has 1 amide bonds. The maximum atomic E-state index is 11.1. The van der Waals surface area contributed by atoms with Gasteiger partial charge in [0.2, 0.25) is 5.91 Å². The topological polar surface area (TPSA) is 29.1 Å². The van der Waals surface area contributed by atoms with Gasteiger partial charge in [-0.05, 0) is 24.7 Å². The summed E-state index contributed by atoms with van der Waals surface area (Å²) in [5, 5.41) is 2.68. The standard InChI is InChI=1S/C10H19NO/c1-8-3-5-9(6-4-8)7-10(12)11-2/h8-9H,3-7H2,1-2H3,(H,11,12). The Kier molecular flexibility index (Phi) is 3.57. The summed E-state index contributed by atoms with van der Waals surface area (Å²) in [6.45, 7) is 2.30. The second-order valence-electron chi connectivity index (χ2n) is 4.00. The summed E-state index contributed by atoms with van der Waals surface area (Å²) in [4.78, 5) is 11.1. The normalized spacial score (nSPS) is 29.8. The fourth-order valence-corrected chi connectivity index (χ4v) is 1.90. The van der Waals surface area contributed by atoms with Gasteiger partial charge in [0, 0.05) is 13.5 Å². The summed E-state index contributed by atoms with van der Waals surface area (Å²) in [5.74, 6) is 1.74. The first-order valence-electron chi connectivity index (χ1n) is 4.93. The quantitative estimate of drug-likeness (QED) is 0.672. The average Bonchev–Trinajstić information content (AvgIpc) is 2.09. The van der Waals surface area contributed by atoms with E-state index in [4.69, 9.17) is 0 Å². The molecule has 0 aliphatic heterocycles. The van der Waals surface area contributed by atoms with Gasteiger partial charge in [0.1, 0.15) is 0 Å². The minimum atomic E-state index is 0.203. The van der Waals surface area contributed by atoms with Crippen molar-refractivity contribution >= 4 is 5.91 Å². The lowest BCUT2D eigenvalue weighted by atomic mass is 9.81. The highest BCUT2D eigenvalue weighted by Crippen LogP contribution is 2.29. The molecule has 1 N–H and O–H groups in total. The molecule has 0 radical (unpaired) electrons. The van der Waals surface area contributed by atoms with Crippen LogP contribution in [0.15, 0.2) is 0 Å². The second-order valence-corrected chi connectivity index (χ2v) is 4.00. The summed E-state index contributed by atoms with van der Waals surface area (Å²) in [7, 11) is 1.72. The van der Waals surface area contributed by atoms with E-state index in [1.165, 1.54) is 25.7 Å². The van der Waals surface area contributed by atoms with Crippen LogP contribution in [0.2, 0.25) is 0 Å². The van der Waals surface area contributed by atoms with Gasteiger partial charge in [0.05, 0.1) is 0 Å². The van der Waals surface area contributed by atoms with Crippen LogP contribution in [-0.2, 0) is 4.79 Å². The van der Waals surface area contributed by atoms with Crippen molar-refractivity contribution in [1.29, 1.82) is 0 Å². The molecular weight excluding hydrogens is 150 g/mol. The molecule has 2 nitrogen and oxygen atoms in total. The number of amides is 1. The molecular formula is C10H19NO. The summed E-state index contributed by atoms with van der Waals surface area (Å²) in [5.41, 5.74) is 0. The van der Waals surface area contributed by atoms with Crippen molar-refractivity contribution < 1.29 is 4.79 Å². The van der Waals surface area contributed by atoms with Crippen LogP contribution in [0.4, 0.5) is 0 Å². The molecule has 0 saturated heterocycles. The van der Waals surface area contributed by atoms with Gasteiger partial charge in [-0.25, -0.2) is 0 Å². The second kappa shape index (κ2) is 4.48. The predicted octanol–water partition coefficient (Wildman–Crippen LogP) is 1.95. The number of hydrogen-bond acceptors (Lipinski definition) is 1. The van der Waals surface area contributed by atoms with Gasteiger partial charge in [0.25, 0.3) is 0 Å². The van der Waals surface area contributed by atoms with Crippen LogP contribution in [0, 0.1) is 11.8 Å². The maximum absolute atomic E-state index is 11.1. The SMILES string of the molecule is CNC(=O)CC1CCC(C)CC1. The fraction of sp³-hybridized carbons (Fsp3) is 0.900. The number of carbonyl (C=O) groups excluding carboxylic acids is 1. The molecule has 0 aromatic carbocycles. The third-order valence-electron chi connectivity index (χ3n) is 2.89. The lowest BCUT2D eigenvalue weighted by Gasteiger charge is -2.25. The molecule has 0 aromatic heterocycles. The van der Waals surface area contributed by atoms with Crippen LogP contribution in [-0.4, -0.2) is 13.0 Å². The van der Waals surface area contributed by atoms with E-state index in [0.717, 1.165) is 12.3 Å². The van der Waals surface area contributed by atoms with Gasteiger partial charge in [-0.1, -0.05) is 19.8 Å². The van der Waals surface area contributed by atoms with Crippen molar-refractivity contribution in [1.82, 2.24) is 5.32 Å². The zero-order chi connectivity index (χ0) is 8.97. The van der Waals surface area contributed by atoms with Crippen molar-refractivity contribution in [2.45, 2.75) is 39.0 Å². The molecule has 0 unspecified atom stereocenters. The van der Waals surface area contributed by atoms with Gasteiger partial charge in [0.15, 0.2) is 0 Å². The molecule has 70 valence electrons. The van der Waals surface area contributed by atoms with Crippen LogP contribution >= 0.6 is 0 Å². The highest BCUT2D eigenvalue weighted by molar-refractivity contribution is 5.75. The highest BCUT2D eigenvalue weighted by atomic mass is 16.1. The summed E-state index contributed by atoms with van der Waals surface area (Å²) in [6.07, 6.45) is 5.84. The van der Waals surface area contributed by atoms with Crippen LogP contribution in [0.1, 0.15) is 39.0 Å². The zero-order valence-corrected chi connectivity index (χ0v) is 8.10. The van der Waals surface area contributed by atoms with Crippen LogP contribution in [0.3, 0.4) is 0 Å². The molecule has 1 saturated carbocycles. The van der Waals surface area contributed by atoms with E-state index in [-0.39, 0.29) is 5.91 Å². The first-order chi connectivity index (χ1) is 5.72. The Morgan fingerprint density at radius 3 is 2.42 bits per heavy atom. The van der Waals surface area contributed by atoms with Crippen molar-refractivity contribution in [2.75, 3.05) is 7.05 Å². The lowest BCUT2D eigenvalue weighted by Crippen LogP contribution is -2.23. The van der Waals surface area contributed by atoms with Gasteiger partial charge in [-0.3, -0.25) is 4.79 Å². The summed E-state index contributed by atoms with van der Waals surface area (Å²) >= 11 is 0. The molecule has 0 bridgehead atoms. The predicted molar refractivity (Wildman–Crippen MR) is 49.8 cm³/mol. The average molecular weight is 169 g/mol. The number of carbonyl (C=O) groups is 1. The van der Waals surface area contributed by atoms with E-state index in [2.05, 4.69) is 12.2 Å². The molecule has 1 aliphatic carbocycles. The molecule has 1 aliphatic rings. The minimum absolute atomic E-state index is 0.203. The monoisotopic (exact) mass is 169 g/mol. The van der Waals surface area contributed by atoms with Crippen LogP contribution in [0.5, 0.6) is 0 Å². The first-order valence-corrected chi connectivity index (χ1v) is 4.93. The summed E-state index contributed by atoms with van der Waals surface area (Å²) < 4.78 is 0. The van der Waals surface area contributed by atoms with Gasteiger partial charge in [-0.15, -0.1) is 0 Å². The lowest BCUT2D eigenvalue weighted by molar-refractivity contribution is -0.121. The molecule has 2 heteroatoms. The van der Waals surface area contributed by atoms with Crippen molar-refractivity contribution in [2.24, 2.45) is 11.8 Å². The Hall–Kier alpha value is -0.530. The van der Waals surface area contributed by atoms with Crippen molar-refractivity contribution in [3.63, 3.8) is 0 Å². The summed E-state index contributed by atoms with van der Waals surface area (Å²) in [6, 6.07) is 0. The number of hydrogen-bond donors (Lipinski definition) is 1. The van der Waals surface area contributed by atoms with E-state index >= 15 is 0 Å². The van der Waals surface area contributed by atoms with E-state index < -0.39 is 0 Å². The van der Waals surface area contributed by atoms with E-state index in [9.17, 15) is 4.79 Å². The van der Waals surface area contributed by atoms with Gasteiger partial charge >= 0.3 is 0 Å². The van der Waals surface area contributed by atoms with E-state index in [1.807, 2.05) is 0 Å². The smallest absolute Gasteiger partial charge is 0.220 e. The Morgan fingerprint density at radius 2 is 1.92 bits per heavy atom. The molecule has 1 fully saturated rings. The fourth-order valence-electron chi connectivity index (χ4n) is 1.90. The van der Waals surface area contributed by atoms with E-state index in [0.29, 0.717) is 5.92 Å². The Balaban J connectivity index is 2.21. The zero-order valence-electron chi connectivity index (χ0n) is 8.10. The Labute approximate surface area is 74.7 Å². The molecule has 0 spiro atoms. The molecule has 0 atom stereocenters. The van der Waals surface area contributed by atoms with Crippen molar-refractivity contribution in [3.8, 4) is 0 Å². The molecule has 0 aromatic rings. The third kappa shape index (κ3) is 2.84. The largest absolute Gasteiger partial charge is 0.359 e. The molecule has 0 heterocycles. The van der Waals surface area contributed by atoms with Crippen LogP contribution < -0.4 is 5.32 Å². The van der Waals surface area contributed by atoms with Gasteiger partial charge < -0.3 is 5.32 Å². The number of rotatable bonds is 2. The highest BCUT2D eigenvalue weighted by Gasteiger charge is 2.19. The Morgan fingerprint density at radius 1 is 1.33 bits per heavy atom. The number of nitrogens with one attached hydrogen (secondary N) is 1. The minimum Gasteiger partial charge on any atom is -0.359 e.